The molecule has 0 amide bonds. The number of carbonyl (C=O) groups is 1. The first kappa shape index (κ1) is 6.81. The highest BCUT2D eigenvalue weighted by molar-refractivity contribution is 6.29. The van der Waals surface area contributed by atoms with E-state index in [2.05, 4.69) is 0 Å². The summed E-state index contributed by atoms with van der Waals surface area (Å²) in [7, 11) is 0. The van der Waals surface area contributed by atoms with E-state index in [0.29, 0.717) is 0 Å². The monoisotopic (exact) mass is 144 g/mol. The minimum absolute atomic E-state index is 0.183. The number of aldehydes is 1. The Bertz CT molecular complexity index is 140. The number of hydrogen-bond acceptors (Lipinski definition) is 1. The lowest BCUT2D eigenvalue weighted by Gasteiger charge is -2.12. The Labute approximate surface area is 59.7 Å². The molecule has 0 saturated carbocycles. The van der Waals surface area contributed by atoms with Crippen LogP contribution in [-0.4, -0.2) is 6.29 Å². The summed E-state index contributed by atoms with van der Waals surface area (Å²) < 4.78 is 0. The van der Waals surface area contributed by atoms with Crippen LogP contribution in [0.4, 0.5) is 0 Å². The van der Waals surface area contributed by atoms with Gasteiger partial charge in [-0.25, -0.2) is 0 Å². The van der Waals surface area contributed by atoms with E-state index >= 15 is 0 Å². The van der Waals surface area contributed by atoms with Crippen molar-refractivity contribution in [2.24, 2.45) is 5.92 Å². The molecule has 0 N–H and O–H groups in total. The molecule has 2 heteroatoms. The molecule has 0 saturated heterocycles. The number of allylic oxidation sites excluding steroid dienone is 2. The van der Waals surface area contributed by atoms with Gasteiger partial charge in [0.15, 0.2) is 0 Å². The second kappa shape index (κ2) is 3.02. The average Bonchev–Trinajstić information content (AvgIpc) is 1.88. The van der Waals surface area contributed by atoms with Crippen LogP contribution in [0.3, 0.4) is 0 Å². The third-order valence-electron chi connectivity index (χ3n) is 1.55. The fourth-order valence-corrected chi connectivity index (χ4v) is 1.31. The first-order valence-corrected chi connectivity index (χ1v) is 3.50. The number of carbonyl (C=O) groups excluding carboxylic acids is 1. The quantitative estimate of drug-likeness (QED) is 0.516. The molecule has 1 aliphatic rings. The molecule has 1 aliphatic carbocycles. The molecule has 0 spiro atoms. The van der Waals surface area contributed by atoms with Crippen LogP contribution in [0, 0.1) is 5.92 Å². The SMILES string of the molecule is O=CC1CCC=C(Cl)C1. The Balaban J connectivity index is 2.48. The van der Waals surface area contributed by atoms with Gasteiger partial charge in [0.05, 0.1) is 0 Å². The molecule has 0 radical (unpaired) electrons. The molecule has 0 aromatic rings. The van der Waals surface area contributed by atoms with Crippen LogP contribution >= 0.6 is 11.6 Å². The molecule has 1 atom stereocenters. The van der Waals surface area contributed by atoms with Gasteiger partial charge in [0.1, 0.15) is 6.29 Å². The van der Waals surface area contributed by atoms with Crippen LogP contribution in [0.2, 0.25) is 0 Å². The zero-order chi connectivity index (χ0) is 6.69. The van der Waals surface area contributed by atoms with E-state index in [4.69, 9.17) is 11.6 Å². The van der Waals surface area contributed by atoms with Crippen molar-refractivity contribution in [1.29, 1.82) is 0 Å². The van der Waals surface area contributed by atoms with Gasteiger partial charge in [0.25, 0.3) is 0 Å². The Hall–Kier alpha value is -0.300. The van der Waals surface area contributed by atoms with Crippen LogP contribution in [0.5, 0.6) is 0 Å². The van der Waals surface area contributed by atoms with E-state index in [9.17, 15) is 4.79 Å². The fraction of sp³-hybridized carbons (Fsp3) is 0.571. The topological polar surface area (TPSA) is 17.1 Å². The summed E-state index contributed by atoms with van der Waals surface area (Å²) in [5.74, 6) is 0.183. The summed E-state index contributed by atoms with van der Waals surface area (Å²) in [4.78, 5) is 10.2. The van der Waals surface area contributed by atoms with Crippen molar-refractivity contribution < 1.29 is 4.79 Å². The molecular formula is C7H9ClO. The first-order valence-electron chi connectivity index (χ1n) is 3.12. The molecule has 50 valence electrons. The molecule has 0 heterocycles. The normalized spacial score (nSPS) is 27.2. The van der Waals surface area contributed by atoms with Gasteiger partial charge >= 0.3 is 0 Å². The fourth-order valence-electron chi connectivity index (χ4n) is 1.01. The van der Waals surface area contributed by atoms with Gasteiger partial charge in [0.2, 0.25) is 0 Å². The van der Waals surface area contributed by atoms with Crippen molar-refractivity contribution in [2.75, 3.05) is 0 Å². The van der Waals surface area contributed by atoms with E-state index in [1.807, 2.05) is 6.08 Å². The molecule has 0 fully saturated rings. The third kappa shape index (κ3) is 1.83. The Morgan fingerprint density at radius 1 is 1.78 bits per heavy atom. The maximum absolute atomic E-state index is 10.2. The summed E-state index contributed by atoms with van der Waals surface area (Å²) in [6.45, 7) is 0. The van der Waals surface area contributed by atoms with E-state index in [-0.39, 0.29) is 5.92 Å². The zero-order valence-corrected chi connectivity index (χ0v) is 5.90. The van der Waals surface area contributed by atoms with Gasteiger partial charge in [-0.05, 0) is 19.3 Å². The lowest BCUT2D eigenvalue weighted by molar-refractivity contribution is -0.111. The van der Waals surface area contributed by atoms with Gasteiger partial charge < -0.3 is 4.79 Å². The van der Waals surface area contributed by atoms with Crippen molar-refractivity contribution in [3.8, 4) is 0 Å². The highest BCUT2D eigenvalue weighted by Gasteiger charge is 2.12. The van der Waals surface area contributed by atoms with E-state index in [0.717, 1.165) is 30.6 Å². The summed E-state index contributed by atoms with van der Waals surface area (Å²) in [6, 6.07) is 0. The molecule has 1 nitrogen and oxygen atoms in total. The van der Waals surface area contributed by atoms with Gasteiger partial charge in [-0.2, -0.15) is 0 Å². The maximum Gasteiger partial charge on any atom is 0.123 e. The Morgan fingerprint density at radius 3 is 3.00 bits per heavy atom. The smallest absolute Gasteiger partial charge is 0.123 e. The standard InChI is InChI=1S/C7H9ClO/c8-7-3-1-2-6(4-7)5-9/h3,5-6H,1-2,4H2. The van der Waals surface area contributed by atoms with Crippen molar-refractivity contribution in [3.63, 3.8) is 0 Å². The van der Waals surface area contributed by atoms with Crippen LogP contribution in [0.25, 0.3) is 0 Å². The van der Waals surface area contributed by atoms with Crippen LogP contribution in [-0.2, 0) is 4.79 Å². The highest BCUT2D eigenvalue weighted by atomic mass is 35.5. The minimum Gasteiger partial charge on any atom is -0.303 e. The van der Waals surface area contributed by atoms with Crippen molar-refractivity contribution in [1.82, 2.24) is 0 Å². The number of rotatable bonds is 1. The maximum atomic E-state index is 10.2. The molecule has 0 aromatic heterocycles. The number of halogens is 1. The zero-order valence-electron chi connectivity index (χ0n) is 5.14. The first-order chi connectivity index (χ1) is 4.33. The summed E-state index contributed by atoms with van der Waals surface area (Å²) in [6.07, 6.45) is 5.67. The van der Waals surface area contributed by atoms with Crippen molar-refractivity contribution in [3.05, 3.63) is 11.1 Å². The van der Waals surface area contributed by atoms with Crippen LogP contribution < -0.4 is 0 Å². The summed E-state index contributed by atoms with van der Waals surface area (Å²) >= 11 is 5.69. The second-order valence-corrected chi connectivity index (χ2v) is 2.81. The minimum atomic E-state index is 0.183. The molecule has 0 bridgehead atoms. The van der Waals surface area contributed by atoms with Crippen molar-refractivity contribution >= 4 is 17.9 Å². The van der Waals surface area contributed by atoms with E-state index < -0.39 is 0 Å². The molecular weight excluding hydrogens is 136 g/mol. The Morgan fingerprint density at radius 2 is 2.56 bits per heavy atom. The summed E-state index contributed by atoms with van der Waals surface area (Å²) in [5, 5.41) is 0.846. The lowest BCUT2D eigenvalue weighted by Crippen LogP contribution is -2.04. The predicted molar refractivity (Wildman–Crippen MR) is 37.3 cm³/mol. The van der Waals surface area contributed by atoms with Gasteiger partial charge in [-0.1, -0.05) is 17.7 Å². The van der Waals surface area contributed by atoms with Crippen LogP contribution in [0.15, 0.2) is 11.1 Å². The van der Waals surface area contributed by atoms with Gasteiger partial charge in [-0.3, -0.25) is 0 Å². The third-order valence-corrected chi connectivity index (χ3v) is 1.86. The molecule has 0 aliphatic heterocycles. The van der Waals surface area contributed by atoms with Crippen LogP contribution in [0.1, 0.15) is 19.3 Å². The van der Waals surface area contributed by atoms with Crippen molar-refractivity contribution in [2.45, 2.75) is 19.3 Å². The highest BCUT2D eigenvalue weighted by Crippen LogP contribution is 2.24. The van der Waals surface area contributed by atoms with Gasteiger partial charge in [-0.15, -0.1) is 0 Å². The molecule has 0 aromatic carbocycles. The Kier molecular flexibility index (Phi) is 2.29. The molecule has 9 heavy (non-hydrogen) atoms. The molecule has 1 rings (SSSR count). The average molecular weight is 145 g/mol. The molecule has 1 unspecified atom stereocenters. The van der Waals surface area contributed by atoms with E-state index in [1.54, 1.807) is 0 Å². The predicted octanol–water partition coefficient (Wildman–Crippen LogP) is 2.11. The number of hydrogen-bond donors (Lipinski definition) is 0. The largest absolute Gasteiger partial charge is 0.303 e. The second-order valence-electron chi connectivity index (χ2n) is 2.33. The van der Waals surface area contributed by atoms with E-state index in [1.165, 1.54) is 0 Å². The lowest BCUT2D eigenvalue weighted by atomic mass is 9.96. The summed E-state index contributed by atoms with van der Waals surface area (Å²) in [5.41, 5.74) is 0. The van der Waals surface area contributed by atoms with Gasteiger partial charge in [0, 0.05) is 11.0 Å².